The lowest BCUT2D eigenvalue weighted by molar-refractivity contribution is 0.597. The number of nitrogens with two attached hydrogens (primary N) is 1. The van der Waals surface area contributed by atoms with Gasteiger partial charge in [-0.3, -0.25) is 0 Å². The zero-order chi connectivity index (χ0) is 9.97. The maximum absolute atomic E-state index is 8.75. The van der Waals surface area contributed by atoms with Crippen molar-refractivity contribution in [1.82, 2.24) is 0 Å². The van der Waals surface area contributed by atoms with Crippen molar-refractivity contribution in [2.24, 2.45) is 11.7 Å². The van der Waals surface area contributed by atoms with E-state index in [9.17, 15) is 0 Å². The van der Waals surface area contributed by atoms with Crippen LogP contribution in [0.5, 0.6) is 0 Å². The highest BCUT2D eigenvalue weighted by atomic mass is 14.6. The highest BCUT2D eigenvalue weighted by molar-refractivity contribution is 5.34. The third-order valence-electron chi connectivity index (χ3n) is 2.73. The Balaban J connectivity index is 2.09. The van der Waals surface area contributed by atoms with Crippen LogP contribution < -0.4 is 5.73 Å². The Morgan fingerprint density at radius 2 is 2.29 bits per heavy atom. The van der Waals surface area contributed by atoms with Crippen LogP contribution in [0.2, 0.25) is 0 Å². The summed E-state index contributed by atoms with van der Waals surface area (Å²) in [7, 11) is 0. The molecule has 0 bridgehead atoms. The summed E-state index contributed by atoms with van der Waals surface area (Å²) in [5.41, 5.74) is 7.85. The molecule has 1 fully saturated rings. The Morgan fingerprint density at radius 1 is 1.50 bits per heavy atom. The molecule has 72 valence electrons. The average molecular weight is 186 g/mol. The molecule has 0 heterocycles. The molecule has 0 saturated heterocycles. The van der Waals surface area contributed by atoms with Crippen molar-refractivity contribution in [3.8, 4) is 6.07 Å². The highest BCUT2D eigenvalue weighted by Crippen LogP contribution is 2.36. The van der Waals surface area contributed by atoms with Gasteiger partial charge >= 0.3 is 0 Å². The van der Waals surface area contributed by atoms with Crippen molar-refractivity contribution >= 4 is 0 Å². The average Bonchev–Trinajstić information content (AvgIpc) is 3.02. The van der Waals surface area contributed by atoms with Gasteiger partial charge in [-0.25, -0.2) is 0 Å². The van der Waals surface area contributed by atoms with Gasteiger partial charge in [-0.05, 0) is 30.0 Å². The minimum Gasteiger partial charge on any atom is -0.324 e. The lowest BCUT2D eigenvalue weighted by Gasteiger charge is -2.11. The number of nitrogens with zero attached hydrogens (tertiary/aromatic N) is 1. The fourth-order valence-corrected chi connectivity index (χ4v) is 1.69. The van der Waals surface area contributed by atoms with Gasteiger partial charge in [0.15, 0.2) is 0 Å². The van der Waals surface area contributed by atoms with Crippen LogP contribution in [0, 0.1) is 17.2 Å². The van der Waals surface area contributed by atoms with E-state index in [1.165, 1.54) is 12.8 Å². The van der Waals surface area contributed by atoms with Crippen LogP contribution >= 0.6 is 0 Å². The van der Waals surface area contributed by atoms with Gasteiger partial charge in [0.2, 0.25) is 0 Å². The standard InChI is InChI=1S/C12H14N2/c13-8-10-2-1-3-11(6-10)12(14)7-9-4-5-9/h1-3,6,9,12H,4-5,7,14H2/t12-/m0/s1. The van der Waals surface area contributed by atoms with Crippen LogP contribution in [0.3, 0.4) is 0 Å². The molecule has 1 aliphatic carbocycles. The van der Waals surface area contributed by atoms with E-state index >= 15 is 0 Å². The zero-order valence-electron chi connectivity index (χ0n) is 8.11. The minimum absolute atomic E-state index is 0.107. The van der Waals surface area contributed by atoms with E-state index in [1.54, 1.807) is 0 Å². The molecule has 0 amide bonds. The molecule has 0 spiro atoms. The monoisotopic (exact) mass is 186 g/mol. The Morgan fingerprint density at radius 3 is 2.93 bits per heavy atom. The third kappa shape index (κ3) is 2.12. The molecule has 0 unspecified atom stereocenters. The highest BCUT2D eigenvalue weighted by Gasteiger charge is 2.24. The van der Waals surface area contributed by atoms with Crippen molar-refractivity contribution in [2.45, 2.75) is 25.3 Å². The van der Waals surface area contributed by atoms with Crippen molar-refractivity contribution in [3.05, 3.63) is 35.4 Å². The summed E-state index contributed by atoms with van der Waals surface area (Å²) < 4.78 is 0. The largest absolute Gasteiger partial charge is 0.324 e. The van der Waals surface area contributed by atoms with E-state index in [2.05, 4.69) is 6.07 Å². The molecule has 0 aliphatic heterocycles. The molecule has 14 heavy (non-hydrogen) atoms. The zero-order valence-corrected chi connectivity index (χ0v) is 8.11. The normalized spacial score (nSPS) is 17.4. The fourth-order valence-electron chi connectivity index (χ4n) is 1.69. The first-order valence-corrected chi connectivity index (χ1v) is 5.05. The summed E-state index contributed by atoms with van der Waals surface area (Å²) in [6.45, 7) is 0. The molecule has 1 aromatic rings. The first-order chi connectivity index (χ1) is 6.79. The van der Waals surface area contributed by atoms with Crippen LogP contribution in [-0.2, 0) is 0 Å². The summed E-state index contributed by atoms with van der Waals surface area (Å²) in [5, 5.41) is 8.75. The van der Waals surface area contributed by atoms with Gasteiger partial charge in [-0.1, -0.05) is 25.0 Å². The van der Waals surface area contributed by atoms with Crippen LogP contribution in [0.25, 0.3) is 0 Å². The summed E-state index contributed by atoms with van der Waals surface area (Å²) in [4.78, 5) is 0. The molecule has 1 saturated carbocycles. The minimum atomic E-state index is 0.107. The smallest absolute Gasteiger partial charge is 0.0991 e. The quantitative estimate of drug-likeness (QED) is 0.787. The van der Waals surface area contributed by atoms with E-state index in [0.717, 1.165) is 17.9 Å². The molecular formula is C12H14N2. The van der Waals surface area contributed by atoms with E-state index in [0.29, 0.717) is 5.56 Å². The summed E-state index contributed by atoms with van der Waals surface area (Å²) >= 11 is 0. The molecule has 2 heteroatoms. The van der Waals surface area contributed by atoms with Crippen LogP contribution in [0.1, 0.15) is 36.4 Å². The summed E-state index contributed by atoms with van der Waals surface area (Å²) in [6, 6.07) is 9.86. The summed E-state index contributed by atoms with van der Waals surface area (Å²) in [6.07, 6.45) is 3.71. The Labute approximate surface area is 84.3 Å². The Hall–Kier alpha value is -1.33. The number of hydrogen-bond acceptors (Lipinski definition) is 2. The molecule has 1 atom stereocenters. The SMILES string of the molecule is N#Cc1cccc([C@@H](N)CC2CC2)c1. The predicted octanol–water partition coefficient (Wildman–Crippen LogP) is 2.36. The van der Waals surface area contributed by atoms with Crippen LogP contribution in [0.15, 0.2) is 24.3 Å². The maximum Gasteiger partial charge on any atom is 0.0991 e. The lowest BCUT2D eigenvalue weighted by atomic mass is 10.0. The van der Waals surface area contributed by atoms with E-state index in [1.807, 2.05) is 24.3 Å². The molecule has 2 nitrogen and oxygen atoms in total. The van der Waals surface area contributed by atoms with Crippen molar-refractivity contribution in [3.63, 3.8) is 0 Å². The van der Waals surface area contributed by atoms with Gasteiger partial charge < -0.3 is 5.73 Å². The fraction of sp³-hybridized carbons (Fsp3) is 0.417. The van der Waals surface area contributed by atoms with Gasteiger partial charge in [0.25, 0.3) is 0 Å². The van der Waals surface area contributed by atoms with Gasteiger partial charge in [-0.2, -0.15) is 5.26 Å². The third-order valence-corrected chi connectivity index (χ3v) is 2.73. The second kappa shape index (κ2) is 3.81. The number of nitriles is 1. The second-order valence-electron chi connectivity index (χ2n) is 4.02. The first-order valence-electron chi connectivity index (χ1n) is 5.05. The van der Waals surface area contributed by atoms with Crippen molar-refractivity contribution in [1.29, 1.82) is 5.26 Å². The van der Waals surface area contributed by atoms with Crippen LogP contribution in [-0.4, -0.2) is 0 Å². The lowest BCUT2D eigenvalue weighted by Crippen LogP contribution is -2.10. The van der Waals surface area contributed by atoms with Crippen LogP contribution in [0.4, 0.5) is 0 Å². The molecule has 2 N–H and O–H groups in total. The van der Waals surface area contributed by atoms with E-state index < -0.39 is 0 Å². The van der Waals surface area contributed by atoms with Crippen molar-refractivity contribution in [2.75, 3.05) is 0 Å². The first kappa shape index (κ1) is 9.23. The number of benzene rings is 1. The molecule has 1 aromatic carbocycles. The number of rotatable bonds is 3. The van der Waals surface area contributed by atoms with E-state index in [4.69, 9.17) is 11.0 Å². The number of hydrogen-bond donors (Lipinski definition) is 1. The molecule has 2 rings (SSSR count). The van der Waals surface area contributed by atoms with Crippen molar-refractivity contribution < 1.29 is 0 Å². The van der Waals surface area contributed by atoms with Gasteiger partial charge in [0.05, 0.1) is 11.6 Å². The molecule has 0 aromatic heterocycles. The molecular weight excluding hydrogens is 172 g/mol. The predicted molar refractivity (Wildman–Crippen MR) is 55.4 cm³/mol. The molecule has 1 aliphatic rings. The topological polar surface area (TPSA) is 49.8 Å². The second-order valence-corrected chi connectivity index (χ2v) is 4.02. The molecule has 0 radical (unpaired) electrons. The van der Waals surface area contributed by atoms with E-state index in [-0.39, 0.29) is 6.04 Å². The van der Waals surface area contributed by atoms with Gasteiger partial charge in [0, 0.05) is 6.04 Å². The maximum atomic E-state index is 8.75. The summed E-state index contributed by atoms with van der Waals surface area (Å²) in [5.74, 6) is 0.829. The Bertz CT molecular complexity index is 361. The van der Waals surface area contributed by atoms with Gasteiger partial charge in [0.1, 0.15) is 0 Å². The Kier molecular flexibility index (Phi) is 2.51. The van der Waals surface area contributed by atoms with Gasteiger partial charge in [-0.15, -0.1) is 0 Å².